The van der Waals surface area contributed by atoms with Crippen molar-refractivity contribution in [3.63, 3.8) is 0 Å². The van der Waals surface area contributed by atoms with Crippen LogP contribution in [0.1, 0.15) is 12.8 Å². The van der Waals surface area contributed by atoms with E-state index >= 15 is 0 Å². The lowest BCUT2D eigenvalue weighted by atomic mass is 10.00. The van der Waals surface area contributed by atoms with E-state index in [2.05, 4.69) is 5.28 Å². The molecule has 1 saturated heterocycles. The van der Waals surface area contributed by atoms with E-state index in [0.717, 1.165) is 5.01 Å². The van der Waals surface area contributed by atoms with Crippen LogP contribution in [0.15, 0.2) is 5.28 Å². The minimum absolute atomic E-state index is 0.0229. The van der Waals surface area contributed by atoms with Crippen LogP contribution < -0.4 is 0 Å². The largest absolute Gasteiger partial charge is 0.569 e. The summed E-state index contributed by atoms with van der Waals surface area (Å²) in [5.74, 6) is -1.47. The highest BCUT2D eigenvalue weighted by atomic mass is 16.6. The molecule has 0 amide bonds. The number of nitrogens with zero attached hydrogens (tertiary/aromatic N) is 3. The van der Waals surface area contributed by atoms with Crippen molar-refractivity contribution in [2.24, 2.45) is 11.2 Å². The summed E-state index contributed by atoms with van der Waals surface area (Å²) in [7, 11) is 0. The van der Waals surface area contributed by atoms with Crippen LogP contribution in [-0.4, -0.2) is 39.4 Å². The van der Waals surface area contributed by atoms with Crippen LogP contribution in [0.4, 0.5) is 0 Å². The molecular formula is C6H11N3O4. The number of hydrogen-bond donors (Lipinski definition) is 2. The van der Waals surface area contributed by atoms with Gasteiger partial charge in [-0.15, -0.1) is 5.01 Å². The molecule has 1 aliphatic rings. The minimum atomic E-state index is -0.920. The molecule has 1 fully saturated rings. The summed E-state index contributed by atoms with van der Waals surface area (Å²) in [6.07, 6.45) is 1.18. The molecule has 1 rings (SSSR count). The first-order valence-electron chi connectivity index (χ1n) is 3.95. The number of aliphatic carboxylic acids is 1. The van der Waals surface area contributed by atoms with Crippen LogP contribution in [0.25, 0.3) is 0 Å². The minimum Gasteiger partial charge on any atom is -0.569 e. The highest BCUT2D eigenvalue weighted by Crippen LogP contribution is 2.16. The fourth-order valence-corrected chi connectivity index (χ4v) is 1.37. The van der Waals surface area contributed by atoms with Crippen molar-refractivity contribution in [2.45, 2.75) is 12.8 Å². The molecule has 2 N–H and O–H groups in total. The third kappa shape index (κ3) is 2.20. The Morgan fingerprint density at radius 3 is 2.92 bits per heavy atom. The van der Waals surface area contributed by atoms with E-state index in [4.69, 9.17) is 10.3 Å². The van der Waals surface area contributed by atoms with Gasteiger partial charge in [0.2, 0.25) is 5.28 Å². The Bertz CT molecular complexity index is 230. The molecule has 0 aromatic carbocycles. The highest BCUT2D eigenvalue weighted by Gasteiger charge is 2.29. The molecular weight excluding hydrogens is 178 g/mol. The first-order valence-corrected chi connectivity index (χ1v) is 3.95. The molecule has 1 atom stereocenters. The van der Waals surface area contributed by atoms with Gasteiger partial charge in [-0.25, -0.2) is 0 Å². The summed E-state index contributed by atoms with van der Waals surface area (Å²) < 4.78 is 0. The van der Waals surface area contributed by atoms with E-state index < -0.39 is 11.9 Å². The first kappa shape index (κ1) is 9.56. The molecule has 0 spiro atoms. The molecule has 1 heterocycles. The van der Waals surface area contributed by atoms with Crippen molar-refractivity contribution >= 4 is 5.97 Å². The van der Waals surface area contributed by atoms with Gasteiger partial charge in [-0.1, -0.05) is 0 Å². The number of piperidine rings is 1. The summed E-state index contributed by atoms with van der Waals surface area (Å²) in [5, 5.41) is 31.2. The van der Waals surface area contributed by atoms with Crippen LogP contribution in [0.2, 0.25) is 0 Å². The molecule has 1 unspecified atom stereocenters. The van der Waals surface area contributed by atoms with E-state index in [9.17, 15) is 10.0 Å². The van der Waals surface area contributed by atoms with Gasteiger partial charge in [0.25, 0.3) is 0 Å². The Morgan fingerprint density at radius 1 is 1.69 bits per heavy atom. The molecule has 13 heavy (non-hydrogen) atoms. The van der Waals surface area contributed by atoms with Gasteiger partial charge < -0.3 is 15.5 Å². The van der Waals surface area contributed by atoms with Crippen LogP contribution in [0.5, 0.6) is 0 Å². The molecule has 7 heteroatoms. The van der Waals surface area contributed by atoms with Crippen molar-refractivity contribution in [1.82, 2.24) is 5.01 Å². The Morgan fingerprint density at radius 2 is 2.38 bits per heavy atom. The fraction of sp³-hybridized carbons (Fsp3) is 0.833. The lowest BCUT2D eigenvalue weighted by Crippen LogP contribution is -2.42. The smallest absolute Gasteiger partial charge is 0.308 e. The highest BCUT2D eigenvalue weighted by molar-refractivity contribution is 5.70. The second-order valence-corrected chi connectivity index (χ2v) is 2.93. The van der Waals surface area contributed by atoms with E-state index in [1.54, 1.807) is 0 Å². The summed E-state index contributed by atoms with van der Waals surface area (Å²) in [6.45, 7) is 0.528. The normalized spacial score (nSPS) is 24.5. The quantitative estimate of drug-likeness (QED) is 0.363. The summed E-state index contributed by atoms with van der Waals surface area (Å²) in [5.41, 5.74) is 0. The summed E-state index contributed by atoms with van der Waals surface area (Å²) in [6, 6.07) is 0. The maximum Gasteiger partial charge on any atom is 0.308 e. The van der Waals surface area contributed by atoms with Gasteiger partial charge in [0.05, 0.1) is 24.0 Å². The maximum atomic E-state index is 10.8. The Labute approximate surface area is 74.4 Å². The Kier molecular flexibility index (Phi) is 2.88. The van der Waals surface area contributed by atoms with Crippen molar-refractivity contribution < 1.29 is 20.1 Å². The molecule has 0 bridgehead atoms. The topological polar surface area (TPSA) is 99.2 Å². The van der Waals surface area contributed by atoms with Crippen molar-refractivity contribution in [2.75, 3.05) is 13.1 Å². The second kappa shape index (κ2) is 3.92. The van der Waals surface area contributed by atoms with E-state index in [0.29, 0.717) is 19.4 Å². The summed E-state index contributed by atoms with van der Waals surface area (Å²) >= 11 is 0. The van der Waals surface area contributed by atoms with Gasteiger partial charge in [0, 0.05) is 0 Å². The molecule has 0 aromatic rings. The predicted octanol–water partition coefficient (Wildman–Crippen LogP) is 0.0497. The lowest BCUT2D eigenvalue weighted by Gasteiger charge is -2.25. The molecule has 74 valence electrons. The van der Waals surface area contributed by atoms with Gasteiger partial charge in [-0.3, -0.25) is 4.79 Å². The SMILES string of the molecule is O=C(O)C1CCCN(/[N+]([O-])=N/O)C1. The average molecular weight is 189 g/mol. The first-order chi connectivity index (χ1) is 6.15. The Balaban J connectivity index is 2.56. The van der Waals surface area contributed by atoms with Crippen molar-refractivity contribution in [1.29, 1.82) is 0 Å². The molecule has 0 aromatic heterocycles. The van der Waals surface area contributed by atoms with Gasteiger partial charge in [0.15, 0.2) is 0 Å². The molecule has 0 saturated carbocycles. The van der Waals surface area contributed by atoms with Crippen LogP contribution in [0, 0.1) is 11.1 Å². The summed E-state index contributed by atoms with van der Waals surface area (Å²) in [4.78, 5) is 10.6. The predicted molar refractivity (Wildman–Crippen MR) is 39.8 cm³/mol. The van der Waals surface area contributed by atoms with Gasteiger partial charge >= 0.3 is 5.97 Å². The van der Waals surface area contributed by atoms with E-state index in [1.165, 1.54) is 0 Å². The lowest BCUT2D eigenvalue weighted by molar-refractivity contribution is -0.712. The molecule has 1 aliphatic heterocycles. The number of hydrazine groups is 1. The third-order valence-electron chi connectivity index (χ3n) is 2.07. The number of carboxylic acids is 1. The van der Waals surface area contributed by atoms with E-state index in [-0.39, 0.29) is 11.5 Å². The number of rotatable bonds is 2. The number of carboxylic acid groups (broad SMARTS) is 1. The standard InChI is InChI=1S/C6H11N3O4/c10-6(11)5-2-1-3-8(4-5)9(13)7-12/h5,12H,1-4H2,(H,10,11)/b9-7-. The zero-order valence-corrected chi connectivity index (χ0v) is 6.96. The maximum absolute atomic E-state index is 10.8. The van der Waals surface area contributed by atoms with Crippen LogP contribution in [0.3, 0.4) is 0 Å². The Hall–Kier alpha value is -1.53. The third-order valence-corrected chi connectivity index (χ3v) is 2.07. The van der Waals surface area contributed by atoms with E-state index in [1.807, 2.05) is 0 Å². The number of hydrogen-bond acceptors (Lipinski definition) is 3. The zero-order chi connectivity index (χ0) is 9.84. The van der Waals surface area contributed by atoms with Crippen molar-refractivity contribution in [3.8, 4) is 0 Å². The van der Waals surface area contributed by atoms with Gasteiger partial charge in [-0.2, -0.15) is 0 Å². The second-order valence-electron chi connectivity index (χ2n) is 2.93. The van der Waals surface area contributed by atoms with Crippen LogP contribution in [-0.2, 0) is 4.79 Å². The van der Waals surface area contributed by atoms with Crippen LogP contribution >= 0.6 is 0 Å². The van der Waals surface area contributed by atoms with Gasteiger partial charge in [-0.05, 0) is 12.8 Å². The monoisotopic (exact) mass is 189 g/mol. The molecule has 0 aliphatic carbocycles. The molecule has 7 nitrogen and oxygen atoms in total. The van der Waals surface area contributed by atoms with Gasteiger partial charge in [0.1, 0.15) is 0 Å². The average Bonchev–Trinajstić information content (AvgIpc) is 2.17. The fourth-order valence-electron chi connectivity index (χ4n) is 1.37. The zero-order valence-electron chi connectivity index (χ0n) is 6.96. The van der Waals surface area contributed by atoms with Crippen molar-refractivity contribution in [3.05, 3.63) is 5.21 Å². The molecule has 0 radical (unpaired) electrons. The number of carbonyl (C=O) groups is 1.